The molecule has 0 aromatic heterocycles. The Hall–Kier alpha value is -2.90. The molecule has 2 unspecified atom stereocenters. The predicted octanol–water partition coefficient (Wildman–Crippen LogP) is 2.93. The van der Waals surface area contributed by atoms with Crippen LogP contribution < -0.4 is 0 Å². The van der Waals surface area contributed by atoms with Crippen molar-refractivity contribution in [3.63, 3.8) is 0 Å². The lowest BCUT2D eigenvalue weighted by molar-refractivity contribution is 0.0734. The van der Waals surface area contributed by atoms with Gasteiger partial charge < -0.3 is 19.8 Å². The normalized spacial score (nSPS) is 20.5. The molecule has 2 aromatic carbocycles. The Labute approximate surface area is 202 Å². The molecule has 0 bridgehead atoms. The van der Waals surface area contributed by atoms with Crippen molar-refractivity contribution in [2.75, 3.05) is 53.4 Å². The van der Waals surface area contributed by atoms with Crippen LogP contribution >= 0.6 is 0 Å². The number of likely N-dealkylation sites (N-methyl/N-ethyl adjacent to an activating group) is 2. The maximum Gasteiger partial charge on any atom is 0.320 e. The zero-order valence-electron chi connectivity index (χ0n) is 20.5. The first-order valence-electron chi connectivity index (χ1n) is 12.2. The van der Waals surface area contributed by atoms with E-state index in [1.165, 1.54) is 5.56 Å². The molecular formula is C27H36N4O3. The van der Waals surface area contributed by atoms with Crippen LogP contribution in [0.25, 0.3) is 11.1 Å². The van der Waals surface area contributed by atoms with Crippen LogP contribution in [0, 0.1) is 6.92 Å². The van der Waals surface area contributed by atoms with Crippen molar-refractivity contribution in [1.82, 2.24) is 19.6 Å². The van der Waals surface area contributed by atoms with Crippen molar-refractivity contribution in [1.29, 1.82) is 0 Å². The van der Waals surface area contributed by atoms with E-state index in [4.69, 9.17) is 5.11 Å². The van der Waals surface area contributed by atoms with Crippen molar-refractivity contribution in [2.45, 2.75) is 31.8 Å². The van der Waals surface area contributed by atoms with Crippen molar-refractivity contribution in [2.24, 2.45) is 0 Å². The van der Waals surface area contributed by atoms with Gasteiger partial charge in [-0.05, 0) is 43.0 Å². The molecule has 7 nitrogen and oxygen atoms in total. The SMILES string of the molecule is Cc1ccc(-c2ccc(C(=O)N(C)C3CCN(C(=O)N(C)C4CCN(CCO)C4)C3)cc2)cc1. The van der Waals surface area contributed by atoms with E-state index in [-0.39, 0.29) is 30.6 Å². The molecule has 34 heavy (non-hydrogen) atoms. The fourth-order valence-corrected chi connectivity index (χ4v) is 5.00. The third kappa shape index (κ3) is 5.26. The van der Waals surface area contributed by atoms with Gasteiger partial charge in [-0.2, -0.15) is 0 Å². The van der Waals surface area contributed by atoms with Crippen molar-refractivity contribution >= 4 is 11.9 Å². The van der Waals surface area contributed by atoms with Crippen molar-refractivity contribution < 1.29 is 14.7 Å². The number of hydrogen-bond donors (Lipinski definition) is 1. The molecule has 2 fully saturated rings. The highest BCUT2D eigenvalue weighted by Gasteiger charge is 2.35. The van der Waals surface area contributed by atoms with Crippen LogP contribution in [0.5, 0.6) is 0 Å². The molecule has 7 heteroatoms. The van der Waals surface area contributed by atoms with Gasteiger partial charge in [0.25, 0.3) is 5.91 Å². The lowest BCUT2D eigenvalue weighted by Crippen LogP contribution is -2.47. The Morgan fingerprint density at radius 1 is 0.882 bits per heavy atom. The minimum Gasteiger partial charge on any atom is -0.395 e. The first-order valence-corrected chi connectivity index (χ1v) is 12.2. The summed E-state index contributed by atoms with van der Waals surface area (Å²) in [4.78, 5) is 33.9. The van der Waals surface area contributed by atoms with Gasteiger partial charge in [0.15, 0.2) is 0 Å². The van der Waals surface area contributed by atoms with Gasteiger partial charge in [-0.25, -0.2) is 4.79 Å². The van der Waals surface area contributed by atoms with Crippen molar-refractivity contribution in [3.8, 4) is 11.1 Å². The number of carbonyl (C=O) groups is 2. The summed E-state index contributed by atoms with van der Waals surface area (Å²) in [5.41, 5.74) is 4.10. The predicted molar refractivity (Wildman–Crippen MR) is 134 cm³/mol. The zero-order chi connectivity index (χ0) is 24.2. The number of hydrogen-bond acceptors (Lipinski definition) is 4. The number of aryl methyl sites for hydroxylation is 1. The number of amides is 3. The van der Waals surface area contributed by atoms with Gasteiger partial charge in [-0.3, -0.25) is 9.69 Å². The summed E-state index contributed by atoms with van der Waals surface area (Å²) in [5.74, 6) is -0.0152. The number of aliphatic hydroxyl groups excluding tert-OH is 1. The first kappa shape index (κ1) is 24.2. The third-order valence-corrected chi connectivity index (χ3v) is 7.33. The van der Waals surface area contributed by atoms with Crippen LogP contribution in [0.15, 0.2) is 48.5 Å². The zero-order valence-corrected chi connectivity index (χ0v) is 20.5. The minimum absolute atomic E-state index is 0.0103. The van der Waals surface area contributed by atoms with Crippen LogP contribution in [0.2, 0.25) is 0 Å². The molecule has 3 amide bonds. The van der Waals surface area contributed by atoms with Crippen LogP contribution in [-0.4, -0.2) is 102 Å². The summed E-state index contributed by atoms with van der Waals surface area (Å²) in [7, 11) is 3.70. The summed E-state index contributed by atoms with van der Waals surface area (Å²) in [6.45, 7) is 5.79. The molecule has 2 atom stereocenters. The topological polar surface area (TPSA) is 67.3 Å². The van der Waals surface area contributed by atoms with Gasteiger partial charge in [0, 0.05) is 58.4 Å². The monoisotopic (exact) mass is 464 g/mol. The van der Waals surface area contributed by atoms with Crippen LogP contribution in [-0.2, 0) is 0 Å². The Morgan fingerprint density at radius 2 is 1.47 bits per heavy atom. The molecule has 2 saturated heterocycles. The van der Waals surface area contributed by atoms with Gasteiger partial charge >= 0.3 is 6.03 Å². The van der Waals surface area contributed by atoms with Crippen LogP contribution in [0.3, 0.4) is 0 Å². The van der Waals surface area contributed by atoms with E-state index in [0.29, 0.717) is 25.2 Å². The second-order valence-electron chi connectivity index (χ2n) is 9.61. The van der Waals surface area contributed by atoms with Gasteiger partial charge in [-0.15, -0.1) is 0 Å². The Morgan fingerprint density at radius 3 is 2.12 bits per heavy atom. The van der Waals surface area contributed by atoms with E-state index in [1.807, 2.05) is 48.2 Å². The summed E-state index contributed by atoms with van der Waals surface area (Å²) >= 11 is 0. The Balaban J connectivity index is 1.33. The smallest absolute Gasteiger partial charge is 0.320 e. The fourth-order valence-electron chi connectivity index (χ4n) is 5.00. The molecule has 182 valence electrons. The Kier molecular flexibility index (Phi) is 7.54. The van der Waals surface area contributed by atoms with Gasteiger partial charge in [0.05, 0.1) is 12.6 Å². The largest absolute Gasteiger partial charge is 0.395 e. The van der Waals surface area contributed by atoms with Crippen LogP contribution in [0.4, 0.5) is 4.79 Å². The molecular weight excluding hydrogens is 428 g/mol. The number of urea groups is 1. The number of likely N-dealkylation sites (tertiary alicyclic amines) is 2. The number of aliphatic hydroxyl groups is 1. The lowest BCUT2D eigenvalue weighted by atomic mass is 10.0. The maximum atomic E-state index is 13.1. The van der Waals surface area contributed by atoms with E-state index >= 15 is 0 Å². The van der Waals surface area contributed by atoms with E-state index in [9.17, 15) is 9.59 Å². The number of rotatable bonds is 6. The fraction of sp³-hybridized carbons (Fsp3) is 0.481. The van der Waals surface area contributed by atoms with E-state index < -0.39 is 0 Å². The van der Waals surface area contributed by atoms with Gasteiger partial charge in [0.1, 0.15) is 0 Å². The second-order valence-corrected chi connectivity index (χ2v) is 9.61. The molecule has 0 radical (unpaired) electrons. The first-order chi connectivity index (χ1) is 16.4. The summed E-state index contributed by atoms with van der Waals surface area (Å²) in [6, 6.07) is 16.3. The average Bonchev–Trinajstić information content (AvgIpc) is 3.53. The summed E-state index contributed by atoms with van der Waals surface area (Å²) in [5, 5.41) is 9.15. The molecule has 2 heterocycles. The van der Waals surface area contributed by atoms with E-state index in [1.54, 1.807) is 4.90 Å². The number of carbonyl (C=O) groups excluding carboxylic acids is 2. The Bertz CT molecular complexity index is 992. The summed E-state index contributed by atoms with van der Waals surface area (Å²) in [6.07, 6.45) is 1.71. The molecule has 1 N–H and O–H groups in total. The average molecular weight is 465 g/mol. The lowest BCUT2D eigenvalue weighted by Gasteiger charge is -2.30. The van der Waals surface area contributed by atoms with Gasteiger partial charge in [-0.1, -0.05) is 42.0 Å². The molecule has 0 saturated carbocycles. The number of β-amino-alcohol motifs (C(OH)–C–C–N with tert-alkyl or cyclic N) is 1. The molecule has 2 aliphatic heterocycles. The van der Waals surface area contributed by atoms with E-state index in [0.717, 1.165) is 37.1 Å². The molecule has 2 aromatic rings. The second kappa shape index (κ2) is 10.6. The van der Waals surface area contributed by atoms with Gasteiger partial charge in [0.2, 0.25) is 0 Å². The molecule has 2 aliphatic rings. The maximum absolute atomic E-state index is 13.1. The highest BCUT2D eigenvalue weighted by Crippen LogP contribution is 2.23. The number of nitrogens with zero attached hydrogens (tertiary/aromatic N) is 4. The minimum atomic E-state index is -0.0152. The number of benzene rings is 2. The quantitative estimate of drug-likeness (QED) is 0.714. The highest BCUT2D eigenvalue weighted by molar-refractivity contribution is 5.95. The van der Waals surface area contributed by atoms with Crippen LogP contribution in [0.1, 0.15) is 28.8 Å². The third-order valence-electron chi connectivity index (χ3n) is 7.33. The van der Waals surface area contributed by atoms with E-state index in [2.05, 4.69) is 36.1 Å². The summed E-state index contributed by atoms with van der Waals surface area (Å²) < 4.78 is 0. The molecule has 0 aliphatic carbocycles. The molecule has 4 rings (SSSR count). The standard InChI is InChI=1S/C27H36N4O3/c1-20-4-6-21(7-5-20)22-8-10-23(11-9-22)26(33)28(2)25-13-15-31(19-25)27(34)29(3)24-12-14-30(18-24)16-17-32/h4-11,24-25,32H,12-19H2,1-3H3. The van der Waals surface area contributed by atoms with Crippen molar-refractivity contribution in [3.05, 3.63) is 59.7 Å². The highest BCUT2D eigenvalue weighted by atomic mass is 16.3. The molecule has 0 spiro atoms.